The quantitative estimate of drug-likeness (QED) is 0.730. The minimum atomic E-state index is -1.15. The molecule has 2 aromatic rings. The topological polar surface area (TPSA) is 95.5 Å². The number of nitrogens with one attached hydrogen (secondary N) is 2. The monoisotopic (exact) mass is 368 g/mol. The first-order valence-corrected chi connectivity index (χ1v) is 8.64. The summed E-state index contributed by atoms with van der Waals surface area (Å²) >= 11 is 0. The van der Waals surface area contributed by atoms with Crippen molar-refractivity contribution in [3.63, 3.8) is 0 Å². The second-order valence-corrected chi connectivity index (χ2v) is 7.48. The van der Waals surface area contributed by atoms with Crippen molar-refractivity contribution in [1.29, 1.82) is 0 Å². The Hall–Kier alpha value is -3.15. The van der Waals surface area contributed by atoms with Gasteiger partial charge in [-0.1, -0.05) is 51.1 Å². The van der Waals surface area contributed by atoms with E-state index in [4.69, 9.17) is 0 Å². The number of rotatable bonds is 6. The van der Waals surface area contributed by atoms with E-state index in [9.17, 15) is 19.5 Å². The number of carboxylic acids is 1. The highest BCUT2D eigenvalue weighted by atomic mass is 16.4. The molecule has 0 radical (unpaired) electrons. The van der Waals surface area contributed by atoms with Gasteiger partial charge in [0.25, 0.3) is 11.8 Å². The number of benzene rings is 2. The van der Waals surface area contributed by atoms with Gasteiger partial charge >= 0.3 is 5.97 Å². The molecule has 2 aromatic carbocycles. The average Bonchev–Trinajstić information content (AvgIpc) is 2.64. The molecule has 6 nitrogen and oxygen atoms in total. The first kappa shape index (κ1) is 20.2. The van der Waals surface area contributed by atoms with Gasteiger partial charge in [-0.15, -0.1) is 0 Å². The Morgan fingerprint density at radius 1 is 0.889 bits per heavy atom. The summed E-state index contributed by atoms with van der Waals surface area (Å²) in [5, 5.41) is 14.7. The largest absolute Gasteiger partial charge is 0.479 e. The van der Waals surface area contributed by atoms with Crippen LogP contribution in [0, 0.1) is 5.41 Å². The first-order valence-electron chi connectivity index (χ1n) is 8.64. The van der Waals surface area contributed by atoms with E-state index in [2.05, 4.69) is 10.6 Å². The van der Waals surface area contributed by atoms with Gasteiger partial charge in [-0.25, -0.2) is 4.79 Å². The fourth-order valence-electron chi connectivity index (χ4n) is 2.37. The van der Waals surface area contributed by atoms with Crippen molar-refractivity contribution in [3.05, 3.63) is 71.3 Å². The van der Waals surface area contributed by atoms with Crippen LogP contribution in [0.25, 0.3) is 0 Å². The Morgan fingerprint density at radius 3 is 1.89 bits per heavy atom. The Bertz CT molecular complexity index is 808. The average molecular weight is 368 g/mol. The van der Waals surface area contributed by atoms with Gasteiger partial charge in [-0.2, -0.15) is 0 Å². The molecule has 0 bridgehead atoms. The molecule has 3 N–H and O–H groups in total. The first-order chi connectivity index (χ1) is 12.7. The van der Waals surface area contributed by atoms with Gasteiger partial charge < -0.3 is 15.7 Å². The second-order valence-electron chi connectivity index (χ2n) is 7.48. The van der Waals surface area contributed by atoms with Crippen molar-refractivity contribution >= 4 is 17.8 Å². The molecule has 0 aromatic heterocycles. The minimum Gasteiger partial charge on any atom is -0.479 e. The number of hydrogen-bond acceptors (Lipinski definition) is 3. The number of carbonyl (C=O) groups is 3. The molecule has 0 aliphatic carbocycles. The predicted octanol–water partition coefficient (Wildman–Crippen LogP) is 3.02. The Kier molecular flexibility index (Phi) is 6.34. The highest BCUT2D eigenvalue weighted by molar-refractivity contribution is 5.99. The lowest BCUT2D eigenvalue weighted by atomic mass is 9.97. The predicted molar refractivity (Wildman–Crippen MR) is 103 cm³/mol. The maximum atomic E-state index is 12.4. The van der Waals surface area contributed by atoms with Gasteiger partial charge in [0.2, 0.25) is 0 Å². The number of aliphatic carboxylic acids is 1. The molecule has 1 unspecified atom stereocenters. The summed E-state index contributed by atoms with van der Waals surface area (Å²) in [7, 11) is 0. The number of hydrogen-bond donors (Lipinski definition) is 3. The van der Waals surface area contributed by atoms with Crippen molar-refractivity contribution in [2.75, 3.05) is 6.54 Å². The molecule has 2 amide bonds. The number of amides is 2. The van der Waals surface area contributed by atoms with Gasteiger partial charge in [0, 0.05) is 17.7 Å². The standard InChI is InChI=1S/C21H24N2O4/c1-21(2,3)13-22-18(24)15-9-11-16(12-10-15)19(25)23-17(20(26)27)14-7-5-4-6-8-14/h4-12,17H,13H2,1-3H3,(H,22,24)(H,23,25)(H,26,27). The minimum absolute atomic E-state index is 0.0290. The van der Waals surface area contributed by atoms with Gasteiger partial charge in [0.05, 0.1) is 0 Å². The molecule has 27 heavy (non-hydrogen) atoms. The van der Waals surface area contributed by atoms with E-state index in [0.29, 0.717) is 17.7 Å². The Labute approximate surface area is 158 Å². The summed E-state index contributed by atoms with van der Waals surface area (Å²) in [4.78, 5) is 36.0. The third-order valence-corrected chi connectivity index (χ3v) is 3.84. The fourth-order valence-corrected chi connectivity index (χ4v) is 2.37. The number of carboxylic acid groups (broad SMARTS) is 1. The van der Waals surface area contributed by atoms with Gasteiger partial charge in [-0.05, 0) is 35.2 Å². The second kappa shape index (κ2) is 8.49. The van der Waals surface area contributed by atoms with Crippen molar-refractivity contribution in [1.82, 2.24) is 10.6 Å². The maximum Gasteiger partial charge on any atom is 0.330 e. The van der Waals surface area contributed by atoms with Crippen molar-refractivity contribution in [2.45, 2.75) is 26.8 Å². The summed E-state index contributed by atoms with van der Waals surface area (Å²) in [5.41, 5.74) is 1.17. The Balaban J connectivity index is 2.06. The van der Waals surface area contributed by atoms with E-state index < -0.39 is 17.9 Å². The van der Waals surface area contributed by atoms with Crippen LogP contribution >= 0.6 is 0 Å². The van der Waals surface area contributed by atoms with E-state index in [-0.39, 0.29) is 16.9 Å². The summed E-state index contributed by atoms with van der Waals surface area (Å²) in [6, 6.07) is 13.4. The normalized spacial score (nSPS) is 12.1. The molecule has 142 valence electrons. The lowest BCUT2D eigenvalue weighted by Gasteiger charge is -2.18. The molecule has 6 heteroatoms. The Morgan fingerprint density at radius 2 is 1.41 bits per heavy atom. The summed E-state index contributed by atoms with van der Waals surface area (Å²) in [5.74, 6) is -1.88. The molecule has 0 aliphatic rings. The molecule has 0 saturated carbocycles. The smallest absolute Gasteiger partial charge is 0.330 e. The summed E-state index contributed by atoms with van der Waals surface area (Å²) in [6.45, 7) is 6.59. The van der Waals surface area contributed by atoms with Crippen LogP contribution in [0.15, 0.2) is 54.6 Å². The molecule has 2 rings (SSSR count). The molecule has 0 heterocycles. The van der Waals surface area contributed by atoms with Crippen LogP contribution in [0.1, 0.15) is 53.1 Å². The zero-order chi connectivity index (χ0) is 20.0. The zero-order valence-electron chi connectivity index (χ0n) is 15.7. The van der Waals surface area contributed by atoms with Crippen LogP contribution in [0.3, 0.4) is 0 Å². The maximum absolute atomic E-state index is 12.4. The van der Waals surface area contributed by atoms with E-state index in [1.807, 2.05) is 20.8 Å². The lowest BCUT2D eigenvalue weighted by molar-refractivity contribution is -0.139. The molecule has 0 saturated heterocycles. The van der Waals surface area contributed by atoms with E-state index in [1.165, 1.54) is 12.1 Å². The fraction of sp³-hybridized carbons (Fsp3) is 0.286. The molecular formula is C21H24N2O4. The third-order valence-electron chi connectivity index (χ3n) is 3.84. The molecule has 1 atom stereocenters. The number of carbonyl (C=O) groups excluding carboxylic acids is 2. The van der Waals surface area contributed by atoms with E-state index in [1.54, 1.807) is 42.5 Å². The van der Waals surface area contributed by atoms with Gasteiger partial charge in [0.1, 0.15) is 0 Å². The SMILES string of the molecule is CC(C)(C)CNC(=O)c1ccc(C(=O)NC(C(=O)O)c2ccccc2)cc1. The molecule has 0 aliphatic heterocycles. The highest BCUT2D eigenvalue weighted by Gasteiger charge is 2.22. The van der Waals surface area contributed by atoms with Crippen LogP contribution in [0.5, 0.6) is 0 Å². The van der Waals surface area contributed by atoms with E-state index >= 15 is 0 Å². The van der Waals surface area contributed by atoms with Crippen molar-refractivity contribution in [3.8, 4) is 0 Å². The molecular weight excluding hydrogens is 344 g/mol. The van der Waals surface area contributed by atoms with Crippen molar-refractivity contribution < 1.29 is 19.5 Å². The zero-order valence-corrected chi connectivity index (χ0v) is 15.7. The molecule has 0 spiro atoms. The third kappa shape index (κ3) is 5.95. The van der Waals surface area contributed by atoms with E-state index in [0.717, 1.165) is 0 Å². The summed E-state index contributed by atoms with van der Waals surface area (Å²) in [6.07, 6.45) is 0. The van der Waals surface area contributed by atoms with Crippen LogP contribution in [0.2, 0.25) is 0 Å². The van der Waals surface area contributed by atoms with Crippen LogP contribution in [-0.4, -0.2) is 29.4 Å². The van der Waals surface area contributed by atoms with Gasteiger partial charge in [0.15, 0.2) is 6.04 Å². The van der Waals surface area contributed by atoms with Crippen LogP contribution in [-0.2, 0) is 4.79 Å². The van der Waals surface area contributed by atoms with Crippen molar-refractivity contribution in [2.24, 2.45) is 5.41 Å². The highest BCUT2D eigenvalue weighted by Crippen LogP contribution is 2.15. The summed E-state index contributed by atoms with van der Waals surface area (Å²) < 4.78 is 0. The molecule has 0 fully saturated rings. The van der Waals surface area contributed by atoms with Crippen LogP contribution in [0.4, 0.5) is 0 Å². The van der Waals surface area contributed by atoms with Gasteiger partial charge in [-0.3, -0.25) is 9.59 Å². The van der Waals surface area contributed by atoms with Crippen LogP contribution < -0.4 is 10.6 Å². The lowest BCUT2D eigenvalue weighted by Crippen LogP contribution is -2.34.